The summed E-state index contributed by atoms with van der Waals surface area (Å²) in [5.41, 5.74) is 11.0. The molecule has 0 aliphatic carbocycles. The lowest BCUT2D eigenvalue weighted by Gasteiger charge is -2.14. The van der Waals surface area contributed by atoms with E-state index in [-0.39, 0.29) is 0 Å². The Labute approximate surface area is 206 Å². The first-order valence-corrected chi connectivity index (χ1v) is 12.1. The Morgan fingerprint density at radius 1 is 0.667 bits per heavy atom. The van der Waals surface area contributed by atoms with Crippen LogP contribution >= 0.6 is 0 Å². The minimum atomic E-state index is 0.755. The highest BCUT2D eigenvalue weighted by Crippen LogP contribution is 2.38. The van der Waals surface area contributed by atoms with Crippen molar-refractivity contribution in [2.45, 2.75) is 13.8 Å². The molecule has 36 heavy (non-hydrogen) atoms. The molecule has 8 aromatic rings. The van der Waals surface area contributed by atoms with Crippen LogP contribution in [0.1, 0.15) is 11.1 Å². The summed E-state index contributed by atoms with van der Waals surface area (Å²) >= 11 is 0. The molecule has 0 aliphatic heterocycles. The fourth-order valence-electron chi connectivity index (χ4n) is 5.83. The number of aromatic amines is 1. The summed E-state index contributed by atoms with van der Waals surface area (Å²) < 4.78 is 2.21. The van der Waals surface area contributed by atoms with Crippen molar-refractivity contribution >= 4 is 60.3 Å². The quantitative estimate of drug-likeness (QED) is 0.256. The molecule has 1 N–H and O–H groups in total. The standard InChI is InChI=1S/C31H21N5/c1-17-12-23-19-6-3-4-7-26(19)34-27(23)15-21(17)20-14-22-24(13-18(20)2)31-35-30-29(8-5-10-33-30)36(31)28-9-11-32-16-25(22)28/h3-16,34H,1-2H3. The van der Waals surface area contributed by atoms with Crippen molar-refractivity contribution in [3.8, 4) is 11.1 Å². The molecule has 5 heteroatoms. The van der Waals surface area contributed by atoms with E-state index < -0.39 is 0 Å². The van der Waals surface area contributed by atoms with Gasteiger partial charge in [0.15, 0.2) is 5.65 Å². The molecule has 170 valence electrons. The second kappa shape index (κ2) is 6.89. The van der Waals surface area contributed by atoms with Crippen molar-refractivity contribution < 1.29 is 0 Å². The van der Waals surface area contributed by atoms with Crippen LogP contribution in [0.3, 0.4) is 0 Å². The summed E-state index contributed by atoms with van der Waals surface area (Å²) in [5, 5.41) is 5.89. The second-order valence-corrected chi connectivity index (χ2v) is 9.61. The van der Waals surface area contributed by atoms with E-state index in [1.165, 1.54) is 38.5 Å². The molecular weight excluding hydrogens is 442 g/mol. The second-order valence-electron chi connectivity index (χ2n) is 9.61. The molecule has 8 rings (SSSR count). The van der Waals surface area contributed by atoms with Crippen LogP contribution in [0.4, 0.5) is 0 Å². The van der Waals surface area contributed by atoms with Gasteiger partial charge in [-0.1, -0.05) is 18.2 Å². The zero-order chi connectivity index (χ0) is 24.0. The van der Waals surface area contributed by atoms with Crippen molar-refractivity contribution in [2.24, 2.45) is 0 Å². The molecule has 5 heterocycles. The Bertz CT molecular complexity index is 2180. The molecule has 0 atom stereocenters. The zero-order valence-electron chi connectivity index (χ0n) is 19.9. The monoisotopic (exact) mass is 463 g/mol. The van der Waals surface area contributed by atoms with Gasteiger partial charge in [-0.05, 0) is 90.0 Å². The first kappa shape index (κ1) is 19.5. The van der Waals surface area contributed by atoms with E-state index >= 15 is 0 Å². The van der Waals surface area contributed by atoms with Gasteiger partial charge in [-0.15, -0.1) is 0 Å². The average molecular weight is 464 g/mol. The number of aryl methyl sites for hydroxylation is 2. The predicted molar refractivity (Wildman–Crippen MR) is 148 cm³/mol. The molecule has 0 bridgehead atoms. The summed E-state index contributed by atoms with van der Waals surface area (Å²) in [6.45, 7) is 4.39. The molecule has 0 aliphatic rings. The predicted octanol–water partition coefficient (Wildman–Crippen LogP) is 7.50. The Morgan fingerprint density at radius 3 is 2.42 bits per heavy atom. The summed E-state index contributed by atoms with van der Waals surface area (Å²) in [6.07, 6.45) is 5.61. The third-order valence-electron chi connectivity index (χ3n) is 7.51. The van der Waals surface area contributed by atoms with E-state index in [1.54, 1.807) is 6.20 Å². The van der Waals surface area contributed by atoms with E-state index in [9.17, 15) is 0 Å². The Morgan fingerprint density at radius 2 is 1.50 bits per heavy atom. The lowest BCUT2D eigenvalue weighted by atomic mass is 9.92. The topological polar surface area (TPSA) is 58.9 Å². The molecule has 5 aromatic heterocycles. The van der Waals surface area contributed by atoms with E-state index in [1.807, 2.05) is 18.5 Å². The van der Waals surface area contributed by atoms with Crippen molar-refractivity contribution in [3.63, 3.8) is 0 Å². The molecule has 0 unspecified atom stereocenters. The number of hydrogen-bond donors (Lipinski definition) is 1. The smallest absolute Gasteiger partial charge is 0.178 e. The van der Waals surface area contributed by atoms with Crippen molar-refractivity contribution in [2.75, 3.05) is 0 Å². The van der Waals surface area contributed by atoms with Gasteiger partial charge in [-0.2, -0.15) is 0 Å². The number of pyridine rings is 3. The van der Waals surface area contributed by atoms with E-state index in [0.29, 0.717) is 0 Å². The zero-order valence-corrected chi connectivity index (χ0v) is 19.9. The summed E-state index contributed by atoms with van der Waals surface area (Å²) in [5.74, 6) is 0. The minimum Gasteiger partial charge on any atom is -0.354 e. The number of para-hydroxylation sites is 1. The number of imidazole rings is 1. The Kier molecular flexibility index (Phi) is 3.74. The molecule has 0 saturated heterocycles. The van der Waals surface area contributed by atoms with Crippen LogP contribution < -0.4 is 0 Å². The van der Waals surface area contributed by atoms with Crippen LogP contribution in [0.15, 0.2) is 85.3 Å². The van der Waals surface area contributed by atoms with Crippen molar-refractivity contribution in [1.82, 2.24) is 24.3 Å². The molecule has 0 spiro atoms. The highest BCUT2D eigenvalue weighted by Gasteiger charge is 2.17. The van der Waals surface area contributed by atoms with Gasteiger partial charge < -0.3 is 4.98 Å². The van der Waals surface area contributed by atoms with Gasteiger partial charge in [0.2, 0.25) is 0 Å². The number of nitrogens with zero attached hydrogens (tertiary/aromatic N) is 4. The Balaban J connectivity index is 1.49. The third kappa shape index (κ3) is 2.52. The van der Waals surface area contributed by atoms with Crippen LogP contribution in [0.25, 0.3) is 71.4 Å². The lowest BCUT2D eigenvalue weighted by Crippen LogP contribution is -1.95. The van der Waals surface area contributed by atoms with Gasteiger partial charge >= 0.3 is 0 Å². The highest BCUT2D eigenvalue weighted by molar-refractivity contribution is 6.15. The van der Waals surface area contributed by atoms with Gasteiger partial charge in [0.25, 0.3) is 0 Å². The summed E-state index contributed by atoms with van der Waals surface area (Å²) in [6, 6.07) is 23.8. The van der Waals surface area contributed by atoms with Crippen LogP contribution in [0.2, 0.25) is 0 Å². The number of rotatable bonds is 1. The van der Waals surface area contributed by atoms with Crippen LogP contribution in [-0.2, 0) is 0 Å². The maximum atomic E-state index is 4.95. The van der Waals surface area contributed by atoms with Crippen LogP contribution in [0.5, 0.6) is 0 Å². The number of aromatic nitrogens is 5. The number of H-pyrrole nitrogens is 1. The maximum absolute atomic E-state index is 4.95. The Hall–Kier alpha value is -4.77. The highest BCUT2D eigenvalue weighted by atomic mass is 15.1. The molecular formula is C31H21N5. The number of hydrogen-bond acceptors (Lipinski definition) is 3. The van der Waals surface area contributed by atoms with Gasteiger partial charge in [0.05, 0.1) is 11.0 Å². The fraction of sp³-hybridized carbons (Fsp3) is 0.0645. The van der Waals surface area contributed by atoms with Gasteiger partial charge in [0, 0.05) is 51.2 Å². The van der Waals surface area contributed by atoms with E-state index in [2.05, 4.69) is 93.9 Å². The minimum absolute atomic E-state index is 0.755. The fourth-order valence-corrected chi connectivity index (χ4v) is 5.83. The summed E-state index contributed by atoms with van der Waals surface area (Å²) in [4.78, 5) is 17.6. The van der Waals surface area contributed by atoms with Gasteiger partial charge in [-0.25, -0.2) is 9.97 Å². The third-order valence-corrected chi connectivity index (χ3v) is 7.51. The molecule has 3 aromatic carbocycles. The van der Waals surface area contributed by atoms with E-state index in [4.69, 9.17) is 4.98 Å². The molecule has 5 nitrogen and oxygen atoms in total. The first-order valence-electron chi connectivity index (χ1n) is 12.1. The van der Waals surface area contributed by atoms with Crippen molar-refractivity contribution in [3.05, 3.63) is 96.4 Å². The molecule has 0 saturated carbocycles. The number of benzene rings is 3. The number of fused-ring (bicyclic) bond motifs is 11. The maximum Gasteiger partial charge on any atom is 0.178 e. The SMILES string of the molecule is Cc1cc2c(cc1-c1cc3c4cnccc4n4c5cccnc5nc4c3cc1C)[nH]c1ccccc12. The van der Waals surface area contributed by atoms with Crippen LogP contribution in [-0.4, -0.2) is 24.3 Å². The number of nitrogens with one attached hydrogen (secondary N) is 1. The van der Waals surface area contributed by atoms with Crippen molar-refractivity contribution in [1.29, 1.82) is 0 Å². The normalized spacial score (nSPS) is 12.2. The first-order chi connectivity index (χ1) is 17.7. The average Bonchev–Trinajstić information content (AvgIpc) is 3.47. The lowest BCUT2D eigenvalue weighted by molar-refractivity contribution is 1.28. The largest absolute Gasteiger partial charge is 0.354 e. The van der Waals surface area contributed by atoms with Crippen LogP contribution in [0, 0.1) is 13.8 Å². The molecule has 0 amide bonds. The summed E-state index contributed by atoms with van der Waals surface area (Å²) in [7, 11) is 0. The molecule has 0 radical (unpaired) electrons. The molecule has 0 fully saturated rings. The van der Waals surface area contributed by atoms with Gasteiger partial charge in [0.1, 0.15) is 5.65 Å². The van der Waals surface area contributed by atoms with Gasteiger partial charge in [-0.3, -0.25) is 9.38 Å². The van der Waals surface area contributed by atoms with E-state index in [0.717, 1.165) is 44.0 Å².